The predicted molar refractivity (Wildman–Crippen MR) is 62.7 cm³/mol. The van der Waals surface area contributed by atoms with Crippen LogP contribution in [0.15, 0.2) is 0 Å². The summed E-state index contributed by atoms with van der Waals surface area (Å²) in [6.45, 7) is 1.13. The maximum Gasteiger partial charge on any atom is 0.217 e. The number of rotatable bonds is 3. The van der Waals surface area contributed by atoms with Crippen molar-refractivity contribution in [3.8, 4) is 6.07 Å². The van der Waals surface area contributed by atoms with Crippen molar-refractivity contribution in [1.29, 1.82) is 5.26 Å². The number of ether oxygens (including phenoxy) is 1. The van der Waals surface area contributed by atoms with Crippen molar-refractivity contribution in [3.63, 3.8) is 0 Å². The van der Waals surface area contributed by atoms with Crippen molar-refractivity contribution in [1.82, 2.24) is 4.31 Å². The summed E-state index contributed by atoms with van der Waals surface area (Å²) in [5, 5.41) is 9.00. The Morgan fingerprint density at radius 3 is 2.76 bits per heavy atom. The van der Waals surface area contributed by atoms with Crippen molar-refractivity contribution in [2.24, 2.45) is 0 Å². The van der Waals surface area contributed by atoms with Gasteiger partial charge in [-0.15, -0.1) is 0 Å². The van der Waals surface area contributed by atoms with Crippen LogP contribution in [0.5, 0.6) is 0 Å². The fourth-order valence-corrected chi connectivity index (χ4v) is 4.35. The average molecular weight is 258 g/mol. The Hall–Kier alpha value is -0.640. The van der Waals surface area contributed by atoms with Gasteiger partial charge in [-0.25, -0.2) is 8.42 Å². The standard InChI is InChI=1S/C11H18N2O3S/c12-8-10-4-1-2-6-13(10)17(14,15)9-11-5-3-7-16-11/h10-11H,1-7,9H2. The molecule has 2 aliphatic heterocycles. The molecule has 5 nitrogen and oxygen atoms in total. The van der Waals surface area contributed by atoms with E-state index in [4.69, 9.17) is 10.00 Å². The van der Waals surface area contributed by atoms with Crippen LogP contribution in [-0.4, -0.2) is 43.8 Å². The average Bonchev–Trinajstić information content (AvgIpc) is 2.81. The number of hydrogen-bond acceptors (Lipinski definition) is 4. The molecule has 2 fully saturated rings. The molecule has 96 valence electrons. The second-order valence-corrected chi connectivity index (χ2v) is 6.63. The van der Waals surface area contributed by atoms with E-state index in [1.165, 1.54) is 4.31 Å². The molecule has 0 aromatic rings. The Morgan fingerprint density at radius 2 is 2.12 bits per heavy atom. The van der Waals surface area contributed by atoms with E-state index in [0.717, 1.165) is 25.7 Å². The highest BCUT2D eigenvalue weighted by atomic mass is 32.2. The SMILES string of the molecule is N#CC1CCCCN1S(=O)(=O)CC1CCCO1. The number of sulfonamides is 1. The minimum Gasteiger partial charge on any atom is -0.377 e. The highest BCUT2D eigenvalue weighted by molar-refractivity contribution is 7.89. The van der Waals surface area contributed by atoms with Crippen LogP contribution in [0, 0.1) is 11.3 Å². The third-order valence-corrected chi connectivity index (χ3v) is 5.33. The summed E-state index contributed by atoms with van der Waals surface area (Å²) >= 11 is 0. The van der Waals surface area contributed by atoms with Crippen LogP contribution in [0.25, 0.3) is 0 Å². The third-order valence-electron chi connectivity index (χ3n) is 3.38. The van der Waals surface area contributed by atoms with Gasteiger partial charge in [-0.2, -0.15) is 9.57 Å². The second kappa shape index (κ2) is 5.34. The van der Waals surface area contributed by atoms with Gasteiger partial charge in [0.1, 0.15) is 6.04 Å². The summed E-state index contributed by atoms with van der Waals surface area (Å²) in [6.07, 6.45) is 4.00. The largest absolute Gasteiger partial charge is 0.377 e. The molecular weight excluding hydrogens is 240 g/mol. The van der Waals surface area contributed by atoms with Crippen LogP contribution in [0.2, 0.25) is 0 Å². The Kier molecular flexibility index (Phi) is 4.02. The van der Waals surface area contributed by atoms with Gasteiger partial charge >= 0.3 is 0 Å². The lowest BCUT2D eigenvalue weighted by molar-refractivity contribution is 0.125. The van der Waals surface area contributed by atoms with Crippen molar-refractivity contribution in [2.45, 2.75) is 44.2 Å². The maximum absolute atomic E-state index is 12.2. The zero-order valence-electron chi connectivity index (χ0n) is 9.84. The number of hydrogen-bond donors (Lipinski definition) is 0. The van der Waals surface area contributed by atoms with Gasteiger partial charge in [0.05, 0.1) is 17.9 Å². The highest BCUT2D eigenvalue weighted by Crippen LogP contribution is 2.23. The van der Waals surface area contributed by atoms with Gasteiger partial charge in [0.2, 0.25) is 10.0 Å². The van der Waals surface area contributed by atoms with Gasteiger partial charge in [-0.3, -0.25) is 0 Å². The summed E-state index contributed by atoms with van der Waals surface area (Å²) in [5.74, 6) is 0.0329. The molecule has 0 saturated carbocycles. The molecule has 2 rings (SSSR count). The topological polar surface area (TPSA) is 70.4 Å². The molecule has 2 atom stereocenters. The molecule has 17 heavy (non-hydrogen) atoms. The van der Waals surface area contributed by atoms with E-state index >= 15 is 0 Å². The van der Waals surface area contributed by atoms with Gasteiger partial charge < -0.3 is 4.74 Å². The molecule has 2 aliphatic rings. The molecule has 2 heterocycles. The summed E-state index contributed by atoms with van der Waals surface area (Å²) in [6, 6.07) is 1.61. The van der Waals surface area contributed by atoms with Gasteiger partial charge in [0.15, 0.2) is 0 Å². The first kappa shape index (κ1) is 12.8. The highest BCUT2D eigenvalue weighted by Gasteiger charge is 2.34. The first-order valence-corrected chi connectivity index (χ1v) is 7.75. The van der Waals surface area contributed by atoms with Crippen LogP contribution >= 0.6 is 0 Å². The fourth-order valence-electron chi connectivity index (χ4n) is 2.47. The predicted octanol–water partition coefficient (Wildman–Crippen LogP) is 0.873. The van der Waals surface area contributed by atoms with Gasteiger partial charge in [0.25, 0.3) is 0 Å². The van der Waals surface area contributed by atoms with E-state index in [2.05, 4.69) is 6.07 Å². The first-order chi connectivity index (χ1) is 8.13. The van der Waals surface area contributed by atoms with E-state index in [9.17, 15) is 8.42 Å². The van der Waals surface area contributed by atoms with E-state index in [-0.39, 0.29) is 11.9 Å². The Balaban J connectivity index is 2.05. The lowest BCUT2D eigenvalue weighted by Crippen LogP contribution is -2.45. The Labute approximate surface area is 102 Å². The van der Waals surface area contributed by atoms with Crippen molar-refractivity contribution >= 4 is 10.0 Å². The molecule has 0 spiro atoms. The lowest BCUT2D eigenvalue weighted by atomic mass is 10.1. The van der Waals surface area contributed by atoms with Crippen molar-refractivity contribution < 1.29 is 13.2 Å². The van der Waals surface area contributed by atoms with Crippen molar-refractivity contribution in [2.75, 3.05) is 18.9 Å². The molecule has 0 radical (unpaired) electrons. The summed E-state index contributed by atoms with van der Waals surface area (Å²) < 4.78 is 31.1. The van der Waals surface area contributed by atoms with Crippen LogP contribution in [0.4, 0.5) is 0 Å². The quantitative estimate of drug-likeness (QED) is 0.753. The number of nitrogens with zero attached hydrogens (tertiary/aromatic N) is 2. The second-order valence-electron chi connectivity index (χ2n) is 4.66. The van der Waals surface area contributed by atoms with Crippen LogP contribution < -0.4 is 0 Å². The number of nitriles is 1. The number of piperidine rings is 1. The molecule has 0 aromatic carbocycles. The normalized spacial score (nSPS) is 31.2. The minimum atomic E-state index is -3.34. The molecule has 0 N–H and O–H groups in total. The van der Waals surface area contributed by atoms with Crippen LogP contribution in [0.3, 0.4) is 0 Å². The van der Waals surface area contributed by atoms with E-state index < -0.39 is 16.1 Å². The van der Waals surface area contributed by atoms with Gasteiger partial charge in [-0.1, -0.05) is 0 Å². The Bertz CT molecular complexity index is 395. The molecule has 0 aromatic heterocycles. The first-order valence-electron chi connectivity index (χ1n) is 6.14. The zero-order chi connectivity index (χ0) is 12.3. The monoisotopic (exact) mass is 258 g/mol. The molecule has 2 saturated heterocycles. The molecule has 0 bridgehead atoms. The third kappa shape index (κ3) is 2.97. The fraction of sp³-hybridized carbons (Fsp3) is 0.909. The van der Waals surface area contributed by atoms with Gasteiger partial charge in [0, 0.05) is 13.2 Å². The summed E-state index contributed by atoms with van der Waals surface area (Å²) in [4.78, 5) is 0. The molecule has 0 aliphatic carbocycles. The van der Waals surface area contributed by atoms with Crippen LogP contribution in [0.1, 0.15) is 32.1 Å². The molecular formula is C11H18N2O3S. The minimum absolute atomic E-state index is 0.0329. The van der Waals surface area contributed by atoms with Gasteiger partial charge in [-0.05, 0) is 32.1 Å². The summed E-state index contributed by atoms with van der Waals surface area (Å²) in [7, 11) is -3.34. The molecule has 0 amide bonds. The van der Waals surface area contributed by atoms with Crippen LogP contribution in [-0.2, 0) is 14.8 Å². The van der Waals surface area contributed by atoms with Crippen molar-refractivity contribution in [3.05, 3.63) is 0 Å². The molecule has 6 heteroatoms. The lowest BCUT2D eigenvalue weighted by Gasteiger charge is -2.31. The Morgan fingerprint density at radius 1 is 1.29 bits per heavy atom. The van der Waals surface area contributed by atoms with E-state index in [1.54, 1.807) is 0 Å². The summed E-state index contributed by atoms with van der Waals surface area (Å²) in [5.41, 5.74) is 0. The smallest absolute Gasteiger partial charge is 0.217 e. The maximum atomic E-state index is 12.2. The van der Waals surface area contributed by atoms with E-state index in [1.807, 2.05) is 0 Å². The molecule has 2 unspecified atom stereocenters. The zero-order valence-corrected chi connectivity index (χ0v) is 10.7. The van der Waals surface area contributed by atoms with E-state index in [0.29, 0.717) is 19.6 Å².